The maximum Gasteiger partial charge on any atom is 0.234 e. The molecule has 0 bridgehead atoms. The van der Waals surface area contributed by atoms with Gasteiger partial charge in [-0.2, -0.15) is 0 Å². The highest BCUT2D eigenvalue weighted by atomic mass is 16.5. The molecule has 0 spiro atoms. The number of rotatable bonds is 2. The second-order valence-electron chi connectivity index (χ2n) is 5.32. The van der Waals surface area contributed by atoms with Crippen molar-refractivity contribution in [3.8, 4) is 0 Å². The number of carbonyl (C=O) groups is 1. The first-order valence-electron chi connectivity index (χ1n) is 6.04. The number of anilines is 3. The van der Waals surface area contributed by atoms with Gasteiger partial charge in [-0.05, 0) is 31.5 Å². The highest BCUT2D eigenvalue weighted by molar-refractivity contribution is 6.07. The average Bonchev–Trinajstić information content (AvgIpc) is 2.77. The van der Waals surface area contributed by atoms with Gasteiger partial charge in [-0.25, -0.2) is 0 Å². The van der Waals surface area contributed by atoms with Crippen LogP contribution in [0, 0.1) is 0 Å². The fraction of sp³-hybridized carbons (Fsp3) is 0.462. The lowest BCUT2D eigenvalue weighted by Gasteiger charge is -2.15. The summed E-state index contributed by atoms with van der Waals surface area (Å²) in [7, 11) is 1.68. The molecule has 1 unspecified atom stereocenters. The summed E-state index contributed by atoms with van der Waals surface area (Å²) in [6.45, 7) is 4.47. The van der Waals surface area contributed by atoms with E-state index >= 15 is 0 Å². The Bertz CT molecular complexity index is 525. The van der Waals surface area contributed by atoms with Gasteiger partial charge in [-0.1, -0.05) is 0 Å². The summed E-state index contributed by atoms with van der Waals surface area (Å²) < 4.78 is 5.12. The highest BCUT2D eigenvalue weighted by Crippen LogP contribution is 2.43. The van der Waals surface area contributed by atoms with E-state index in [1.165, 1.54) is 0 Å². The number of carbonyl (C=O) groups excluding carboxylic acids is 1. The largest absolute Gasteiger partial charge is 0.381 e. The lowest BCUT2D eigenvalue weighted by atomic mass is 9.86. The first-order valence-corrected chi connectivity index (χ1v) is 6.04. The Kier molecular flexibility index (Phi) is 2.28. The minimum atomic E-state index is -0.467. The van der Waals surface area contributed by atoms with E-state index in [1.54, 1.807) is 7.11 Å². The minimum absolute atomic E-state index is 0.0506. The Morgan fingerprint density at radius 1 is 1.22 bits per heavy atom. The third-order valence-electron chi connectivity index (χ3n) is 3.64. The molecule has 3 N–H and O–H groups in total. The van der Waals surface area contributed by atoms with E-state index in [4.69, 9.17) is 4.74 Å². The van der Waals surface area contributed by atoms with Crippen LogP contribution in [0.2, 0.25) is 0 Å². The molecular weight excluding hydrogens is 230 g/mol. The summed E-state index contributed by atoms with van der Waals surface area (Å²) in [4.78, 5) is 11.9. The number of fused-ring (bicyclic) bond motifs is 2. The number of hydrogen-bond donors (Lipinski definition) is 3. The molecule has 5 heteroatoms. The molecule has 5 nitrogen and oxygen atoms in total. The van der Waals surface area contributed by atoms with Crippen LogP contribution in [-0.4, -0.2) is 25.8 Å². The van der Waals surface area contributed by atoms with Gasteiger partial charge >= 0.3 is 0 Å². The molecule has 0 saturated carbocycles. The molecule has 2 aliphatic heterocycles. The molecule has 2 aliphatic rings. The van der Waals surface area contributed by atoms with Gasteiger partial charge in [0.2, 0.25) is 5.91 Å². The van der Waals surface area contributed by atoms with Crippen LogP contribution in [0.15, 0.2) is 12.1 Å². The Labute approximate surface area is 106 Å². The van der Waals surface area contributed by atoms with Crippen molar-refractivity contribution in [2.75, 3.05) is 29.7 Å². The van der Waals surface area contributed by atoms with E-state index in [0.29, 0.717) is 6.61 Å². The predicted molar refractivity (Wildman–Crippen MR) is 71.0 cm³/mol. The monoisotopic (exact) mass is 247 g/mol. The van der Waals surface area contributed by atoms with Crippen molar-refractivity contribution < 1.29 is 9.53 Å². The number of methoxy groups -OCH3 is 1. The summed E-state index contributed by atoms with van der Waals surface area (Å²) >= 11 is 0. The second-order valence-corrected chi connectivity index (χ2v) is 5.32. The first-order chi connectivity index (χ1) is 8.52. The van der Waals surface area contributed by atoms with Crippen LogP contribution >= 0.6 is 0 Å². The van der Waals surface area contributed by atoms with E-state index in [2.05, 4.69) is 16.0 Å². The molecule has 1 amide bonds. The Balaban J connectivity index is 1.98. The van der Waals surface area contributed by atoms with Crippen molar-refractivity contribution in [3.05, 3.63) is 17.7 Å². The second kappa shape index (κ2) is 3.62. The molecule has 18 heavy (non-hydrogen) atoms. The minimum Gasteiger partial charge on any atom is -0.381 e. The fourth-order valence-electron chi connectivity index (χ4n) is 2.52. The van der Waals surface area contributed by atoms with Gasteiger partial charge in [-0.15, -0.1) is 0 Å². The van der Waals surface area contributed by atoms with Gasteiger partial charge in [0.1, 0.15) is 6.17 Å². The molecule has 0 saturated heterocycles. The molecule has 0 aliphatic carbocycles. The van der Waals surface area contributed by atoms with Gasteiger partial charge in [-0.3, -0.25) is 4.79 Å². The molecular formula is C13H17N3O2. The molecule has 2 heterocycles. The Morgan fingerprint density at radius 2 is 1.89 bits per heavy atom. The summed E-state index contributed by atoms with van der Waals surface area (Å²) in [5.41, 5.74) is 3.51. The number of nitrogens with one attached hydrogen (secondary N) is 3. The molecule has 1 aromatic carbocycles. The van der Waals surface area contributed by atoms with Gasteiger partial charge in [0.25, 0.3) is 0 Å². The van der Waals surface area contributed by atoms with Crippen molar-refractivity contribution in [3.63, 3.8) is 0 Å². The SMILES string of the molecule is COCC1Nc2cc3c(cc2N1)C(C)(C)C(=O)N3. The van der Waals surface area contributed by atoms with Crippen LogP contribution in [0.1, 0.15) is 19.4 Å². The average molecular weight is 247 g/mol. The van der Waals surface area contributed by atoms with Crippen molar-refractivity contribution in [2.24, 2.45) is 0 Å². The van der Waals surface area contributed by atoms with Gasteiger partial charge in [0.15, 0.2) is 0 Å². The highest BCUT2D eigenvalue weighted by Gasteiger charge is 2.39. The Hall–Kier alpha value is -1.75. The summed E-state index contributed by atoms with van der Waals surface area (Å²) in [6, 6.07) is 4.03. The van der Waals surface area contributed by atoms with E-state index in [0.717, 1.165) is 22.6 Å². The zero-order valence-electron chi connectivity index (χ0n) is 10.8. The van der Waals surface area contributed by atoms with Crippen LogP contribution in [0.5, 0.6) is 0 Å². The fourth-order valence-corrected chi connectivity index (χ4v) is 2.52. The number of benzene rings is 1. The third-order valence-corrected chi connectivity index (χ3v) is 3.64. The molecule has 1 aromatic rings. The van der Waals surface area contributed by atoms with Crippen molar-refractivity contribution in [2.45, 2.75) is 25.4 Å². The van der Waals surface area contributed by atoms with Crippen molar-refractivity contribution >= 4 is 23.0 Å². The lowest BCUT2D eigenvalue weighted by molar-refractivity contribution is -0.119. The maximum absolute atomic E-state index is 11.9. The number of amides is 1. The molecule has 3 rings (SSSR count). The number of ether oxygens (including phenoxy) is 1. The first kappa shape index (κ1) is 11.3. The maximum atomic E-state index is 11.9. The summed E-state index contributed by atoms with van der Waals surface area (Å²) in [5.74, 6) is 0.0506. The summed E-state index contributed by atoms with van der Waals surface area (Å²) in [5, 5.41) is 9.59. The third kappa shape index (κ3) is 1.47. The van der Waals surface area contributed by atoms with Crippen LogP contribution in [0.3, 0.4) is 0 Å². The van der Waals surface area contributed by atoms with Gasteiger partial charge in [0, 0.05) is 12.8 Å². The summed E-state index contributed by atoms with van der Waals surface area (Å²) in [6.07, 6.45) is 0.0892. The zero-order valence-corrected chi connectivity index (χ0v) is 10.8. The van der Waals surface area contributed by atoms with Gasteiger partial charge in [0.05, 0.1) is 23.4 Å². The van der Waals surface area contributed by atoms with Crippen molar-refractivity contribution in [1.29, 1.82) is 0 Å². The smallest absolute Gasteiger partial charge is 0.234 e. The predicted octanol–water partition coefficient (Wildman–Crippen LogP) is 1.73. The van der Waals surface area contributed by atoms with Crippen molar-refractivity contribution in [1.82, 2.24) is 0 Å². The van der Waals surface area contributed by atoms with Crippen LogP contribution < -0.4 is 16.0 Å². The van der Waals surface area contributed by atoms with Crippen LogP contribution in [-0.2, 0) is 14.9 Å². The molecule has 0 aromatic heterocycles. The van der Waals surface area contributed by atoms with E-state index < -0.39 is 5.41 Å². The van der Waals surface area contributed by atoms with E-state index in [9.17, 15) is 4.79 Å². The zero-order chi connectivity index (χ0) is 12.9. The standard InChI is InChI=1S/C13H17N3O2/c1-13(2)7-4-9-10(5-8(7)16-12(13)17)15-11(14-9)6-18-3/h4-5,11,14-15H,6H2,1-3H3,(H,16,17). The Morgan fingerprint density at radius 3 is 2.56 bits per heavy atom. The molecule has 0 radical (unpaired) electrons. The normalized spacial score (nSPS) is 22.8. The molecule has 96 valence electrons. The molecule has 0 fully saturated rings. The van der Waals surface area contributed by atoms with E-state index in [1.807, 2.05) is 26.0 Å². The van der Waals surface area contributed by atoms with E-state index in [-0.39, 0.29) is 12.1 Å². The number of hydrogen-bond acceptors (Lipinski definition) is 4. The topological polar surface area (TPSA) is 62.4 Å². The molecule has 1 atom stereocenters. The van der Waals surface area contributed by atoms with Crippen LogP contribution in [0.4, 0.5) is 17.1 Å². The van der Waals surface area contributed by atoms with Gasteiger partial charge < -0.3 is 20.7 Å². The lowest BCUT2D eigenvalue weighted by Crippen LogP contribution is -2.28. The quantitative estimate of drug-likeness (QED) is 0.744. The van der Waals surface area contributed by atoms with Crippen LogP contribution in [0.25, 0.3) is 0 Å².